The third kappa shape index (κ3) is 2.86. The van der Waals surface area contributed by atoms with Crippen molar-refractivity contribution in [1.29, 1.82) is 0 Å². The SMILES string of the molecule is C#CCN1CCC(C(=O)N2CC3CCCCC3C2)CC1. The number of nitrogens with zero attached hydrogens (tertiary/aromatic N) is 2. The Balaban J connectivity index is 1.51. The number of likely N-dealkylation sites (tertiary alicyclic amines) is 2. The molecule has 0 aromatic rings. The Bertz CT molecular complexity index is 378. The molecule has 3 aliphatic rings. The molecular weight excluding hydrogens is 248 g/mol. The molecule has 1 saturated carbocycles. The summed E-state index contributed by atoms with van der Waals surface area (Å²) in [4.78, 5) is 17.1. The third-order valence-corrected chi connectivity index (χ3v) is 5.54. The number of hydrogen-bond donors (Lipinski definition) is 0. The van der Waals surface area contributed by atoms with Gasteiger partial charge in [0.15, 0.2) is 0 Å². The largest absolute Gasteiger partial charge is 0.342 e. The Morgan fingerprint density at radius 3 is 2.20 bits per heavy atom. The van der Waals surface area contributed by atoms with Crippen LogP contribution in [0.5, 0.6) is 0 Å². The number of hydrogen-bond acceptors (Lipinski definition) is 2. The van der Waals surface area contributed by atoms with E-state index in [2.05, 4.69) is 15.7 Å². The van der Waals surface area contributed by atoms with E-state index in [0.717, 1.165) is 57.4 Å². The van der Waals surface area contributed by atoms with E-state index >= 15 is 0 Å². The number of amides is 1. The second-order valence-electron chi connectivity index (χ2n) is 6.80. The number of carbonyl (C=O) groups is 1. The van der Waals surface area contributed by atoms with Crippen LogP contribution in [0.1, 0.15) is 38.5 Å². The average Bonchev–Trinajstić information content (AvgIpc) is 2.91. The second kappa shape index (κ2) is 6.18. The zero-order chi connectivity index (χ0) is 13.9. The van der Waals surface area contributed by atoms with Gasteiger partial charge < -0.3 is 4.90 Å². The number of fused-ring (bicyclic) bond motifs is 1. The lowest BCUT2D eigenvalue weighted by molar-refractivity contribution is -0.136. The molecule has 20 heavy (non-hydrogen) atoms. The van der Waals surface area contributed by atoms with Crippen molar-refractivity contribution in [1.82, 2.24) is 9.80 Å². The highest BCUT2D eigenvalue weighted by Crippen LogP contribution is 2.37. The summed E-state index contributed by atoms with van der Waals surface area (Å²) >= 11 is 0. The summed E-state index contributed by atoms with van der Waals surface area (Å²) in [5.74, 6) is 4.99. The van der Waals surface area contributed by atoms with Gasteiger partial charge in [-0.15, -0.1) is 6.42 Å². The first-order valence-corrected chi connectivity index (χ1v) is 8.22. The van der Waals surface area contributed by atoms with Gasteiger partial charge in [-0.2, -0.15) is 0 Å². The van der Waals surface area contributed by atoms with Crippen molar-refractivity contribution < 1.29 is 4.79 Å². The van der Waals surface area contributed by atoms with Gasteiger partial charge in [0, 0.05) is 19.0 Å². The first kappa shape index (κ1) is 13.9. The summed E-state index contributed by atoms with van der Waals surface area (Å²) in [6.45, 7) is 4.78. The molecule has 1 aliphatic carbocycles. The maximum absolute atomic E-state index is 12.7. The number of piperidine rings is 1. The minimum absolute atomic E-state index is 0.254. The molecule has 3 heteroatoms. The normalized spacial score (nSPS) is 31.9. The molecule has 2 saturated heterocycles. The highest BCUT2D eigenvalue weighted by Gasteiger charge is 2.38. The van der Waals surface area contributed by atoms with Crippen molar-refractivity contribution in [3.05, 3.63) is 0 Å². The van der Waals surface area contributed by atoms with E-state index in [-0.39, 0.29) is 5.92 Å². The maximum Gasteiger partial charge on any atom is 0.225 e. The van der Waals surface area contributed by atoms with Crippen LogP contribution in [-0.4, -0.2) is 48.4 Å². The van der Waals surface area contributed by atoms with Crippen LogP contribution in [0.3, 0.4) is 0 Å². The molecule has 2 atom stereocenters. The van der Waals surface area contributed by atoms with Crippen LogP contribution in [0.15, 0.2) is 0 Å². The van der Waals surface area contributed by atoms with Crippen LogP contribution in [-0.2, 0) is 4.79 Å². The third-order valence-electron chi connectivity index (χ3n) is 5.54. The molecule has 0 N–H and O–H groups in total. The van der Waals surface area contributed by atoms with E-state index in [4.69, 9.17) is 6.42 Å². The summed E-state index contributed by atoms with van der Waals surface area (Å²) in [6, 6.07) is 0. The van der Waals surface area contributed by atoms with E-state index in [1.807, 2.05) is 0 Å². The fourth-order valence-corrected chi connectivity index (χ4v) is 4.31. The fourth-order valence-electron chi connectivity index (χ4n) is 4.31. The molecule has 1 amide bonds. The minimum atomic E-state index is 0.254. The Morgan fingerprint density at radius 1 is 1.05 bits per heavy atom. The van der Waals surface area contributed by atoms with E-state index in [1.54, 1.807) is 0 Å². The van der Waals surface area contributed by atoms with E-state index in [0.29, 0.717) is 5.91 Å². The lowest BCUT2D eigenvalue weighted by atomic mass is 9.82. The average molecular weight is 274 g/mol. The van der Waals surface area contributed by atoms with Crippen LogP contribution in [0.25, 0.3) is 0 Å². The molecule has 0 bridgehead atoms. The van der Waals surface area contributed by atoms with Gasteiger partial charge in [0.1, 0.15) is 0 Å². The Morgan fingerprint density at radius 2 is 1.65 bits per heavy atom. The maximum atomic E-state index is 12.7. The van der Waals surface area contributed by atoms with Gasteiger partial charge in [-0.05, 0) is 50.6 Å². The van der Waals surface area contributed by atoms with Crippen LogP contribution < -0.4 is 0 Å². The van der Waals surface area contributed by atoms with Gasteiger partial charge in [0.25, 0.3) is 0 Å². The van der Waals surface area contributed by atoms with Gasteiger partial charge in [0.2, 0.25) is 5.91 Å². The zero-order valence-electron chi connectivity index (χ0n) is 12.4. The summed E-state index contributed by atoms with van der Waals surface area (Å²) in [5, 5.41) is 0. The molecular formula is C17H26N2O. The predicted molar refractivity (Wildman–Crippen MR) is 80.0 cm³/mol. The lowest BCUT2D eigenvalue weighted by Crippen LogP contribution is -2.42. The van der Waals surface area contributed by atoms with Crippen LogP contribution in [0.2, 0.25) is 0 Å². The lowest BCUT2D eigenvalue weighted by Gasteiger charge is -2.32. The van der Waals surface area contributed by atoms with Gasteiger partial charge >= 0.3 is 0 Å². The summed E-state index contributed by atoms with van der Waals surface area (Å²) in [6.07, 6.45) is 12.8. The first-order valence-electron chi connectivity index (χ1n) is 8.22. The number of carbonyl (C=O) groups excluding carboxylic acids is 1. The fraction of sp³-hybridized carbons (Fsp3) is 0.824. The van der Waals surface area contributed by atoms with Crippen LogP contribution >= 0.6 is 0 Å². The molecule has 3 fully saturated rings. The van der Waals surface area contributed by atoms with Crippen LogP contribution in [0.4, 0.5) is 0 Å². The molecule has 2 unspecified atom stereocenters. The van der Waals surface area contributed by atoms with E-state index in [1.165, 1.54) is 25.7 Å². The summed E-state index contributed by atoms with van der Waals surface area (Å²) < 4.78 is 0. The van der Waals surface area contributed by atoms with E-state index in [9.17, 15) is 4.79 Å². The zero-order valence-corrected chi connectivity index (χ0v) is 12.4. The molecule has 0 spiro atoms. The minimum Gasteiger partial charge on any atom is -0.342 e. The van der Waals surface area contributed by atoms with Crippen LogP contribution in [0, 0.1) is 30.1 Å². The summed E-state index contributed by atoms with van der Waals surface area (Å²) in [7, 11) is 0. The topological polar surface area (TPSA) is 23.6 Å². The van der Waals surface area contributed by atoms with Gasteiger partial charge in [0.05, 0.1) is 6.54 Å². The van der Waals surface area contributed by atoms with Crippen molar-refractivity contribution in [2.75, 3.05) is 32.7 Å². The molecule has 3 nitrogen and oxygen atoms in total. The Hall–Kier alpha value is -1.01. The van der Waals surface area contributed by atoms with Gasteiger partial charge in [-0.25, -0.2) is 0 Å². The van der Waals surface area contributed by atoms with Gasteiger partial charge in [-0.3, -0.25) is 9.69 Å². The highest BCUT2D eigenvalue weighted by molar-refractivity contribution is 5.79. The summed E-state index contributed by atoms with van der Waals surface area (Å²) in [5.41, 5.74) is 0. The van der Waals surface area contributed by atoms with E-state index < -0.39 is 0 Å². The smallest absolute Gasteiger partial charge is 0.225 e. The number of rotatable bonds is 2. The molecule has 0 aromatic carbocycles. The highest BCUT2D eigenvalue weighted by atomic mass is 16.2. The predicted octanol–water partition coefficient (Wildman–Crippen LogP) is 1.98. The Labute approximate surface area is 122 Å². The number of terminal acetylenes is 1. The molecule has 110 valence electrons. The molecule has 2 heterocycles. The molecule has 0 aromatic heterocycles. The van der Waals surface area contributed by atoms with Crippen molar-refractivity contribution in [3.8, 4) is 12.3 Å². The van der Waals surface area contributed by atoms with Crippen molar-refractivity contribution in [2.24, 2.45) is 17.8 Å². The molecule has 0 radical (unpaired) electrons. The van der Waals surface area contributed by atoms with Crippen molar-refractivity contribution in [2.45, 2.75) is 38.5 Å². The molecule has 3 rings (SSSR count). The Kier molecular flexibility index (Phi) is 4.31. The standard InChI is InChI=1S/C17H26N2O/c1-2-9-18-10-7-14(8-11-18)17(20)19-12-15-5-3-4-6-16(15)13-19/h1,14-16H,3-13H2. The quantitative estimate of drug-likeness (QED) is 0.719. The first-order chi connectivity index (χ1) is 9.78. The molecule has 2 aliphatic heterocycles. The van der Waals surface area contributed by atoms with Crippen molar-refractivity contribution >= 4 is 5.91 Å². The second-order valence-corrected chi connectivity index (χ2v) is 6.80. The van der Waals surface area contributed by atoms with Crippen molar-refractivity contribution in [3.63, 3.8) is 0 Å². The monoisotopic (exact) mass is 274 g/mol. The van der Waals surface area contributed by atoms with Gasteiger partial charge in [-0.1, -0.05) is 18.8 Å².